The Morgan fingerprint density at radius 3 is 3.00 bits per heavy atom. The van der Waals surface area contributed by atoms with Crippen molar-refractivity contribution in [3.63, 3.8) is 0 Å². The normalized spacial score (nSPS) is 13.7. The fourth-order valence-corrected chi connectivity index (χ4v) is 3.00. The smallest absolute Gasteiger partial charge is 0.171 e. The lowest BCUT2D eigenvalue weighted by Gasteiger charge is -2.14. The zero-order valence-electron chi connectivity index (χ0n) is 13.1. The fourth-order valence-electron chi connectivity index (χ4n) is 2.80. The number of fused-ring (bicyclic) bond motifs is 1. The Bertz CT molecular complexity index is 707. The van der Waals surface area contributed by atoms with Gasteiger partial charge in [-0.3, -0.25) is 0 Å². The van der Waals surface area contributed by atoms with Gasteiger partial charge in [0.2, 0.25) is 0 Å². The first kappa shape index (κ1) is 15.7. The molecule has 0 saturated carbocycles. The lowest BCUT2D eigenvalue weighted by Crippen LogP contribution is -2.28. The molecule has 1 aromatic heterocycles. The van der Waals surface area contributed by atoms with Crippen LogP contribution in [0.2, 0.25) is 0 Å². The summed E-state index contributed by atoms with van der Waals surface area (Å²) in [5.74, 6) is 2.00. The molecule has 0 unspecified atom stereocenters. The predicted molar refractivity (Wildman–Crippen MR) is 97.4 cm³/mol. The molecule has 3 rings (SSSR count). The zero-order chi connectivity index (χ0) is 16.1. The maximum absolute atomic E-state index is 5.32. The number of hydrogen-bond acceptors (Lipinski definition) is 3. The zero-order valence-corrected chi connectivity index (χ0v) is 13.9. The molecule has 0 amide bonds. The van der Waals surface area contributed by atoms with E-state index in [1.807, 2.05) is 18.2 Å². The molecule has 0 aliphatic carbocycles. The third-order valence-electron chi connectivity index (χ3n) is 3.93. The van der Waals surface area contributed by atoms with E-state index in [0.29, 0.717) is 11.7 Å². The Morgan fingerprint density at radius 2 is 2.13 bits per heavy atom. The van der Waals surface area contributed by atoms with Crippen LogP contribution in [-0.4, -0.2) is 26.4 Å². The van der Waals surface area contributed by atoms with Crippen LogP contribution in [0.3, 0.4) is 0 Å². The van der Waals surface area contributed by atoms with Gasteiger partial charge in [-0.1, -0.05) is 24.6 Å². The van der Waals surface area contributed by atoms with Crippen LogP contribution in [0, 0.1) is 0 Å². The van der Waals surface area contributed by atoms with Gasteiger partial charge in [-0.15, -0.1) is 16.8 Å². The van der Waals surface area contributed by atoms with Crippen molar-refractivity contribution in [2.75, 3.05) is 11.9 Å². The summed E-state index contributed by atoms with van der Waals surface area (Å²) in [6.07, 6.45) is 6.39. The highest BCUT2D eigenvalue weighted by molar-refractivity contribution is 7.80. The quantitative estimate of drug-likeness (QED) is 0.667. The number of anilines is 1. The Balaban J connectivity index is 1.90. The van der Waals surface area contributed by atoms with E-state index in [-0.39, 0.29) is 0 Å². The van der Waals surface area contributed by atoms with Crippen molar-refractivity contribution < 1.29 is 0 Å². The Labute approximate surface area is 141 Å². The summed E-state index contributed by atoms with van der Waals surface area (Å²) in [5, 5.41) is 15.7. The molecular weight excluding hydrogens is 306 g/mol. The molecule has 0 radical (unpaired) electrons. The second-order valence-corrected chi connectivity index (χ2v) is 5.98. The third kappa shape index (κ3) is 3.59. The Morgan fingerprint density at radius 1 is 1.26 bits per heavy atom. The Kier molecular flexibility index (Phi) is 5.02. The van der Waals surface area contributed by atoms with E-state index in [0.717, 1.165) is 35.9 Å². The van der Waals surface area contributed by atoms with Gasteiger partial charge in [0.25, 0.3) is 0 Å². The first-order valence-corrected chi connectivity index (χ1v) is 8.37. The summed E-state index contributed by atoms with van der Waals surface area (Å²) < 4.78 is 2.24. The van der Waals surface area contributed by atoms with Crippen LogP contribution < -0.4 is 10.6 Å². The van der Waals surface area contributed by atoms with Gasteiger partial charge < -0.3 is 15.2 Å². The molecule has 1 aliphatic rings. The second kappa shape index (κ2) is 7.37. The van der Waals surface area contributed by atoms with Gasteiger partial charge in [0.1, 0.15) is 5.82 Å². The summed E-state index contributed by atoms with van der Waals surface area (Å²) in [6.45, 7) is 5.29. The number of aryl methyl sites for hydroxylation is 1. The van der Waals surface area contributed by atoms with E-state index in [1.54, 1.807) is 6.08 Å². The third-order valence-corrected chi connectivity index (χ3v) is 4.18. The van der Waals surface area contributed by atoms with E-state index < -0.39 is 0 Å². The lowest BCUT2D eigenvalue weighted by atomic mass is 10.1. The minimum absolute atomic E-state index is 0.577. The Hall–Kier alpha value is -2.21. The van der Waals surface area contributed by atoms with Gasteiger partial charge in [-0.2, -0.15) is 0 Å². The van der Waals surface area contributed by atoms with Crippen molar-refractivity contribution in [2.45, 2.75) is 32.2 Å². The van der Waals surface area contributed by atoms with Crippen LogP contribution >= 0.6 is 12.2 Å². The molecular formula is C17H21N5S. The SMILES string of the molecule is C=CCNC(=S)Nc1ccccc1-c1nnc2n1CCCCC2. The molecule has 2 heterocycles. The molecule has 1 aliphatic heterocycles. The number of aromatic nitrogens is 3. The predicted octanol–water partition coefficient (Wildman–Crippen LogP) is 3.14. The number of nitrogens with one attached hydrogen (secondary N) is 2. The minimum atomic E-state index is 0.577. The van der Waals surface area contributed by atoms with Crippen LogP contribution in [0.5, 0.6) is 0 Å². The highest BCUT2D eigenvalue weighted by Gasteiger charge is 2.18. The number of hydrogen-bond donors (Lipinski definition) is 2. The molecule has 0 bridgehead atoms. The average molecular weight is 327 g/mol. The largest absolute Gasteiger partial charge is 0.359 e. The van der Waals surface area contributed by atoms with Crippen molar-refractivity contribution in [1.29, 1.82) is 0 Å². The van der Waals surface area contributed by atoms with E-state index >= 15 is 0 Å². The van der Waals surface area contributed by atoms with E-state index in [4.69, 9.17) is 12.2 Å². The highest BCUT2D eigenvalue weighted by Crippen LogP contribution is 2.28. The first-order valence-electron chi connectivity index (χ1n) is 7.97. The highest BCUT2D eigenvalue weighted by atomic mass is 32.1. The van der Waals surface area contributed by atoms with Gasteiger partial charge in [-0.25, -0.2) is 0 Å². The lowest BCUT2D eigenvalue weighted by molar-refractivity contribution is 0.637. The molecule has 120 valence electrons. The summed E-state index contributed by atoms with van der Waals surface area (Å²) in [6, 6.07) is 8.07. The first-order chi connectivity index (χ1) is 11.3. The molecule has 6 heteroatoms. The average Bonchev–Trinajstić information content (AvgIpc) is 2.81. The number of thiocarbonyl (C=S) groups is 1. The number of nitrogens with zero attached hydrogens (tertiary/aromatic N) is 3. The van der Waals surface area contributed by atoms with Crippen LogP contribution in [0.15, 0.2) is 36.9 Å². The van der Waals surface area contributed by atoms with Crippen LogP contribution in [0.4, 0.5) is 5.69 Å². The van der Waals surface area contributed by atoms with Gasteiger partial charge in [0.05, 0.1) is 5.69 Å². The number of rotatable bonds is 4. The molecule has 1 aromatic carbocycles. The van der Waals surface area contributed by atoms with E-state index in [9.17, 15) is 0 Å². The van der Waals surface area contributed by atoms with Crippen LogP contribution in [-0.2, 0) is 13.0 Å². The molecule has 2 aromatic rings. The topological polar surface area (TPSA) is 54.8 Å². The molecule has 0 spiro atoms. The monoisotopic (exact) mass is 327 g/mol. The summed E-state index contributed by atoms with van der Waals surface area (Å²) >= 11 is 5.32. The standard InChI is InChI=1S/C17H21N5S/c1-2-11-18-17(23)19-14-9-6-5-8-13(14)16-21-20-15-10-4-3-7-12-22(15)16/h2,5-6,8-9H,1,3-4,7,10-12H2,(H2,18,19,23). The second-order valence-electron chi connectivity index (χ2n) is 5.57. The fraction of sp³-hybridized carbons (Fsp3) is 0.353. The molecule has 23 heavy (non-hydrogen) atoms. The molecule has 0 atom stereocenters. The van der Waals surface area contributed by atoms with Gasteiger partial charge >= 0.3 is 0 Å². The van der Waals surface area contributed by atoms with Gasteiger partial charge in [0, 0.05) is 25.1 Å². The summed E-state index contributed by atoms with van der Waals surface area (Å²) in [7, 11) is 0. The van der Waals surface area contributed by atoms with Crippen molar-refractivity contribution in [1.82, 2.24) is 20.1 Å². The van der Waals surface area contributed by atoms with Crippen LogP contribution in [0.1, 0.15) is 25.1 Å². The molecule has 0 fully saturated rings. The van der Waals surface area contributed by atoms with Crippen molar-refractivity contribution in [2.24, 2.45) is 0 Å². The number of para-hydroxylation sites is 1. The van der Waals surface area contributed by atoms with E-state index in [2.05, 4.69) is 38.0 Å². The summed E-state index contributed by atoms with van der Waals surface area (Å²) in [4.78, 5) is 0. The maximum atomic E-state index is 5.32. The van der Waals surface area contributed by atoms with Gasteiger partial charge in [0.15, 0.2) is 10.9 Å². The van der Waals surface area contributed by atoms with Gasteiger partial charge in [-0.05, 0) is 37.2 Å². The minimum Gasteiger partial charge on any atom is -0.359 e. The maximum Gasteiger partial charge on any atom is 0.171 e. The van der Waals surface area contributed by atoms with Crippen molar-refractivity contribution in [3.05, 3.63) is 42.7 Å². The van der Waals surface area contributed by atoms with Crippen LogP contribution in [0.25, 0.3) is 11.4 Å². The van der Waals surface area contributed by atoms with Crippen molar-refractivity contribution in [3.8, 4) is 11.4 Å². The molecule has 2 N–H and O–H groups in total. The van der Waals surface area contributed by atoms with E-state index in [1.165, 1.54) is 19.3 Å². The molecule has 0 saturated heterocycles. The summed E-state index contributed by atoms with van der Waals surface area (Å²) in [5.41, 5.74) is 1.96. The number of benzene rings is 1. The van der Waals surface area contributed by atoms with Crippen molar-refractivity contribution >= 4 is 23.0 Å². The molecule has 5 nitrogen and oxygen atoms in total.